The Balaban J connectivity index is 1.03. The number of amides is 3. The Morgan fingerprint density at radius 2 is 1.71 bits per heavy atom. The number of hydrogen-bond donors (Lipinski definition) is 2. The normalized spacial score (nSPS) is 25.8. The van der Waals surface area contributed by atoms with Gasteiger partial charge in [0.1, 0.15) is 5.75 Å². The number of H-pyrrole nitrogens is 1. The van der Waals surface area contributed by atoms with Crippen molar-refractivity contribution in [3.05, 3.63) is 120 Å². The Morgan fingerprint density at radius 3 is 2.47 bits per heavy atom. The molecular formula is C37H27ClN4O7S2. The molecule has 14 heteroatoms. The number of carbonyl (C=O) groups excluding carboxylic acids is 3. The van der Waals surface area contributed by atoms with Crippen molar-refractivity contribution in [3.8, 4) is 5.75 Å². The number of non-ortho nitro benzene ring substituents is 1. The van der Waals surface area contributed by atoms with Crippen LogP contribution in [0.2, 0.25) is 5.02 Å². The number of carbonyl (C=O) groups is 3. The Labute approximate surface area is 303 Å². The minimum atomic E-state index is -0.574. The zero-order valence-electron chi connectivity index (χ0n) is 26.5. The van der Waals surface area contributed by atoms with Gasteiger partial charge in [-0.15, -0.1) is 11.8 Å². The number of nitrogens with one attached hydrogen (secondary N) is 2. The highest BCUT2D eigenvalue weighted by atomic mass is 35.5. The molecule has 1 aromatic heterocycles. The van der Waals surface area contributed by atoms with E-state index in [2.05, 4.69) is 10.3 Å². The first-order valence-corrected chi connectivity index (χ1v) is 18.5. The van der Waals surface area contributed by atoms with Gasteiger partial charge in [0, 0.05) is 44.5 Å². The third kappa shape index (κ3) is 5.16. The molecule has 2 bridgehead atoms. The van der Waals surface area contributed by atoms with Gasteiger partial charge in [-0.05, 0) is 77.4 Å². The first-order chi connectivity index (χ1) is 24.7. The van der Waals surface area contributed by atoms with Gasteiger partial charge in [0.15, 0.2) is 6.61 Å². The van der Waals surface area contributed by atoms with E-state index in [-0.39, 0.29) is 63.8 Å². The standard InChI is InChI=1S/C37H27ClN4O7S2/c38-19-6-12-26(49-16-27(43)39-20-7-5-17-3-1-2-4-18(17)13-20)23(14-19)28-29-24-15-25(32(29)50-34-33(28)51-37(46)40-34)31-30(24)35(44)41(36(31)45)21-8-10-22(11-9-21)42(47)48/h1-14,24-25,28-32H,15-16H2,(H,39,43)(H,40,46)/t24?,25?,28-,29?,30?,31?,32?/m1/s1. The topological polar surface area (TPSA) is 152 Å². The lowest BCUT2D eigenvalue weighted by molar-refractivity contribution is -0.384. The number of ether oxygens (including phenoxy) is 1. The summed E-state index contributed by atoms with van der Waals surface area (Å²) in [5.74, 6) is -2.47. The van der Waals surface area contributed by atoms with Gasteiger partial charge in [-0.3, -0.25) is 34.2 Å². The molecule has 2 aliphatic carbocycles. The van der Waals surface area contributed by atoms with Gasteiger partial charge in [0.25, 0.3) is 11.6 Å². The molecule has 0 spiro atoms. The van der Waals surface area contributed by atoms with Crippen LogP contribution >= 0.6 is 34.7 Å². The molecule has 4 aromatic carbocycles. The smallest absolute Gasteiger partial charge is 0.305 e. The van der Waals surface area contributed by atoms with E-state index < -0.39 is 16.8 Å². The molecule has 51 heavy (non-hydrogen) atoms. The summed E-state index contributed by atoms with van der Waals surface area (Å²) in [6, 6.07) is 24.2. The number of rotatable bonds is 7. The SMILES string of the molecule is O=C(COc1ccc(Cl)cc1[C@H]1c2sc(=O)[nH]c2SC2C3CC(C4C(=O)N(c5ccc([N+](=O)[O-])cc5)C(=O)C34)C21)Nc1ccc2ccccc2c1. The zero-order chi connectivity index (χ0) is 35.1. The molecule has 9 rings (SSSR count). The van der Waals surface area contributed by atoms with Crippen LogP contribution in [0.15, 0.2) is 94.7 Å². The third-order valence-electron chi connectivity index (χ3n) is 10.7. The lowest BCUT2D eigenvalue weighted by atomic mass is 9.68. The highest BCUT2D eigenvalue weighted by molar-refractivity contribution is 8.00. The lowest BCUT2D eigenvalue weighted by Crippen LogP contribution is -2.42. The van der Waals surface area contributed by atoms with E-state index in [1.807, 2.05) is 42.5 Å². The van der Waals surface area contributed by atoms with Gasteiger partial charge in [-0.25, -0.2) is 0 Å². The Kier molecular flexibility index (Phi) is 7.56. The van der Waals surface area contributed by atoms with Crippen LogP contribution in [0.3, 0.4) is 0 Å². The highest BCUT2D eigenvalue weighted by Gasteiger charge is 2.70. The van der Waals surface area contributed by atoms with Crippen LogP contribution in [0, 0.1) is 39.7 Å². The number of fused-ring (bicyclic) bond motifs is 10. The van der Waals surface area contributed by atoms with E-state index in [4.69, 9.17) is 16.3 Å². The summed E-state index contributed by atoms with van der Waals surface area (Å²) in [5, 5.41) is 17.3. The zero-order valence-corrected chi connectivity index (χ0v) is 28.9. The number of anilines is 2. The number of nitrogens with zero attached hydrogens (tertiary/aromatic N) is 2. The van der Waals surface area contributed by atoms with Crippen LogP contribution < -0.4 is 19.8 Å². The largest absolute Gasteiger partial charge is 0.483 e. The molecule has 3 fully saturated rings. The Hall–Kier alpha value is -4.98. The van der Waals surface area contributed by atoms with E-state index in [0.29, 0.717) is 34.1 Å². The van der Waals surface area contributed by atoms with E-state index >= 15 is 0 Å². The Morgan fingerprint density at radius 1 is 0.961 bits per heavy atom. The van der Waals surface area contributed by atoms with E-state index in [1.54, 1.807) is 30.0 Å². The fourth-order valence-electron chi connectivity index (χ4n) is 8.84. The number of benzene rings is 4. The maximum absolute atomic E-state index is 14.1. The maximum atomic E-state index is 14.1. The molecule has 256 valence electrons. The van der Waals surface area contributed by atoms with Gasteiger partial charge in [0.2, 0.25) is 11.8 Å². The van der Waals surface area contributed by atoms with Crippen LogP contribution in [0.4, 0.5) is 17.1 Å². The predicted octanol–water partition coefficient (Wildman–Crippen LogP) is 6.85. The van der Waals surface area contributed by atoms with Crippen molar-refractivity contribution in [1.29, 1.82) is 0 Å². The molecule has 1 saturated heterocycles. The summed E-state index contributed by atoms with van der Waals surface area (Å²) < 4.78 is 6.21. The van der Waals surface area contributed by atoms with Crippen LogP contribution in [-0.2, 0) is 14.4 Å². The van der Waals surface area contributed by atoms with Gasteiger partial charge in [-0.1, -0.05) is 53.3 Å². The molecule has 0 radical (unpaired) electrons. The molecule has 7 atom stereocenters. The Bertz CT molecular complexity index is 2360. The number of halogens is 1. The second kappa shape index (κ2) is 12.1. The molecule has 2 N–H and O–H groups in total. The van der Waals surface area contributed by atoms with Crippen molar-refractivity contribution in [2.24, 2.45) is 29.6 Å². The summed E-state index contributed by atoms with van der Waals surface area (Å²) in [6.07, 6.45) is 0.670. The first-order valence-electron chi connectivity index (χ1n) is 16.4. The van der Waals surface area contributed by atoms with Crippen molar-refractivity contribution >= 4 is 80.3 Å². The molecular weight excluding hydrogens is 712 g/mol. The summed E-state index contributed by atoms with van der Waals surface area (Å²) >= 11 is 9.27. The molecule has 3 heterocycles. The number of thioether (sulfide) groups is 1. The van der Waals surface area contributed by atoms with Gasteiger partial charge in [-0.2, -0.15) is 0 Å². The van der Waals surface area contributed by atoms with Crippen molar-refractivity contribution in [2.45, 2.75) is 22.6 Å². The average molecular weight is 739 g/mol. The molecule has 4 aliphatic rings. The molecule has 5 aromatic rings. The number of nitro benzene ring substituents is 1. The number of imide groups is 1. The van der Waals surface area contributed by atoms with Gasteiger partial charge < -0.3 is 15.0 Å². The summed E-state index contributed by atoms with van der Waals surface area (Å²) in [5.41, 5.74) is 1.53. The minimum absolute atomic E-state index is 0.0874. The van der Waals surface area contributed by atoms with Gasteiger partial charge >= 0.3 is 4.87 Å². The van der Waals surface area contributed by atoms with Crippen LogP contribution in [0.25, 0.3) is 10.8 Å². The van der Waals surface area contributed by atoms with Crippen molar-refractivity contribution < 1.29 is 24.0 Å². The van der Waals surface area contributed by atoms with Crippen molar-refractivity contribution in [2.75, 3.05) is 16.8 Å². The first kappa shape index (κ1) is 32.0. The monoisotopic (exact) mass is 738 g/mol. The second-order valence-corrected chi connectivity index (χ2v) is 16.0. The number of hydrogen-bond acceptors (Lipinski definition) is 9. The predicted molar refractivity (Wildman–Crippen MR) is 194 cm³/mol. The van der Waals surface area contributed by atoms with Crippen molar-refractivity contribution in [3.63, 3.8) is 0 Å². The molecule has 3 amide bonds. The molecule has 6 unspecified atom stereocenters. The molecule has 2 aliphatic heterocycles. The number of aromatic nitrogens is 1. The lowest BCUT2D eigenvalue weighted by Gasteiger charge is -2.43. The summed E-state index contributed by atoms with van der Waals surface area (Å²) in [6.45, 7) is -0.277. The minimum Gasteiger partial charge on any atom is -0.483 e. The van der Waals surface area contributed by atoms with Crippen molar-refractivity contribution in [1.82, 2.24) is 4.98 Å². The summed E-state index contributed by atoms with van der Waals surface area (Å²) in [4.78, 5) is 69.5. The number of aromatic amines is 1. The second-order valence-electron chi connectivity index (χ2n) is 13.3. The molecule has 2 saturated carbocycles. The number of thiazole rings is 1. The fraction of sp³-hybridized carbons (Fsp3) is 0.243. The van der Waals surface area contributed by atoms with Crippen LogP contribution in [0.1, 0.15) is 22.8 Å². The highest BCUT2D eigenvalue weighted by Crippen LogP contribution is 2.69. The van der Waals surface area contributed by atoms with E-state index in [9.17, 15) is 29.3 Å². The number of nitro groups is 1. The third-order valence-corrected chi connectivity index (χ3v) is 13.6. The van der Waals surface area contributed by atoms with Crippen LogP contribution in [0.5, 0.6) is 5.75 Å². The van der Waals surface area contributed by atoms with Gasteiger partial charge in [0.05, 0.1) is 27.5 Å². The van der Waals surface area contributed by atoms with Crippen LogP contribution in [-0.4, -0.2) is 39.5 Å². The quantitative estimate of drug-likeness (QED) is 0.105. The summed E-state index contributed by atoms with van der Waals surface area (Å²) in [7, 11) is 0. The average Bonchev–Trinajstić information content (AvgIpc) is 3.86. The van der Waals surface area contributed by atoms with E-state index in [0.717, 1.165) is 32.0 Å². The van der Waals surface area contributed by atoms with E-state index in [1.165, 1.54) is 29.2 Å². The fourth-order valence-corrected chi connectivity index (χ4v) is 11.9. The maximum Gasteiger partial charge on any atom is 0.305 e. The molecule has 11 nitrogen and oxygen atoms in total.